The maximum atomic E-state index is 12.0. The van der Waals surface area contributed by atoms with E-state index in [1.165, 1.54) is 4.57 Å². The summed E-state index contributed by atoms with van der Waals surface area (Å²) in [4.78, 5) is 14.7. The van der Waals surface area contributed by atoms with Gasteiger partial charge in [0.2, 0.25) is 0 Å². The normalized spacial score (nSPS) is 10.9. The van der Waals surface area contributed by atoms with E-state index >= 15 is 0 Å². The number of aromatic nitrogens is 2. The number of rotatable bonds is 1. The van der Waals surface area contributed by atoms with E-state index in [1.54, 1.807) is 18.2 Å². The van der Waals surface area contributed by atoms with Crippen molar-refractivity contribution >= 4 is 11.0 Å². The van der Waals surface area contributed by atoms with Crippen LogP contribution in [0.3, 0.4) is 0 Å². The number of hydrogen-bond acceptors (Lipinski definition) is 2. The molecule has 4 heteroatoms. The van der Waals surface area contributed by atoms with Gasteiger partial charge in [0.15, 0.2) is 0 Å². The minimum atomic E-state index is -0.253. The number of phenolic OH excluding ortho intramolecular Hbond substituents is 1. The third-order valence-electron chi connectivity index (χ3n) is 2.94. The van der Waals surface area contributed by atoms with Crippen LogP contribution in [0, 0.1) is 6.92 Å². The molecule has 1 heterocycles. The molecule has 0 saturated carbocycles. The molecular formula is C14H12N2O2. The second-order valence-corrected chi connectivity index (χ2v) is 4.28. The van der Waals surface area contributed by atoms with Crippen molar-refractivity contribution in [3.63, 3.8) is 0 Å². The topological polar surface area (TPSA) is 58.0 Å². The largest absolute Gasteiger partial charge is 0.506 e. The average molecular weight is 240 g/mol. The van der Waals surface area contributed by atoms with Gasteiger partial charge in [0.05, 0.1) is 11.2 Å². The first-order valence-electron chi connectivity index (χ1n) is 5.66. The quantitative estimate of drug-likeness (QED) is 0.685. The van der Waals surface area contributed by atoms with Crippen LogP contribution in [0.2, 0.25) is 0 Å². The Bertz CT molecular complexity index is 784. The molecule has 3 aromatic rings. The van der Waals surface area contributed by atoms with E-state index in [9.17, 15) is 9.90 Å². The summed E-state index contributed by atoms with van der Waals surface area (Å²) in [6.07, 6.45) is 0. The zero-order valence-electron chi connectivity index (χ0n) is 9.84. The summed E-state index contributed by atoms with van der Waals surface area (Å²) in [5, 5.41) is 9.92. The molecule has 0 radical (unpaired) electrons. The molecule has 0 saturated heterocycles. The maximum Gasteiger partial charge on any atom is 0.331 e. The molecule has 2 N–H and O–H groups in total. The lowest BCUT2D eigenvalue weighted by Gasteiger charge is -2.05. The minimum Gasteiger partial charge on any atom is -0.506 e. The monoisotopic (exact) mass is 240 g/mol. The number of hydrogen-bond donors (Lipinski definition) is 2. The Hall–Kier alpha value is -2.49. The molecule has 18 heavy (non-hydrogen) atoms. The third kappa shape index (κ3) is 1.50. The summed E-state index contributed by atoms with van der Waals surface area (Å²) in [5.41, 5.74) is 2.68. The lowest BCUT2D eigenvalue weighted by Crippen LogP contribution is -2.14. The van der Waals surface area contributed by atoms with E-state index in [1.807, 2.05) is 31.2 Å². The van der Waals surface area contributed by atoms with Crippen LogP contribution in [-0.4, -0.2) is 14.7 Å². The molecule has 0 atom stereocenters. The molecule has 0 spiro atoms. The first-order valence-corrected chi connectivity index (χ1v) is 5.66. The van der Waals surface area contributed by atoms with Gasteiger partial charge in [-0.15, -0.1) is 0 Å². The highest BCUT2D eigenvalue weighted by molar-refractivity contribution is 5.83. The van der Waals surface area contributed by atoms with Gasteiger partial charge in [-0.3, -0.25) is 4.57 Å². The highest BCUT2D eigenvalue weighted by Gasteiger charge is 2.11. The predicted molar refractivity (Wildman–Crippen MR) is 70.3 cm³/mol. The van der Waals surface area contributed by atoms with Crippen LogP contribution in [0.25, 0.3) is 16.7 Å². The predicted octanol–water partition coefficient (Wildman–Crippen LogP) is 2.33. The van der Waals surface area contributed by atoms with E-state index in [0.29, 0.717) is 11.0 Å². The fraction of sp³-hybridized carbons (Fsp3) is 0.0714. The van der Waals surface area contributed by atoms with Gasteiger partial charge in [0.1, 0.15) is 11.3 Å². The Balaban J connectivity index is 2.42. The number of para-hydroxylation sites is 1. The Labute approximate surface area is 103 Å². The van der Waals surface area contributed by atoms with Crippen molar-refractivity contribution in [3.8, 4) is 11.4 Å². The molecule has 0 bridgehead atoms. The van der Waals surface area contributed by atoms with Crippen molar-refractivity contribution in [3.05, 3.63) is 58.5 Å². The molecule has 2 aromatic carbocycles. The Morgan fingerprint density at radius 2 is 1.94 bits per heavy atom. The van der Waals surface area contributed by atoms with E-state index in [0.717, 1.165) is 11.3 Å². The minimum absolute atomic E-state index is 0.0901. The number of aromatic amines is 1. The number of nitrogens with one attached hydrogen (secondary N) is 1. The second-order valence-electron chi connectivity index (χ2n) is 4.28. The number of benzene rings is 2. The lowest BCUT2D eigenvalue weighted by atomic mass is 10.2. The molecule has 0 aliphatic rings. The molecule has 3 rings (SSSR count). The third-order valence-corrected chi connectivity index (χ3v) is 2.94. The van der Waals surface area contributed by atoms with Gasteiger partial charge in [0, 0.05) is 0 Å². The van der Waals surface area contributed by atoms with E-state index in [4.69, 9.17) is 0 Å². The van der Waals surface area contributed by atoms with Gasteiger partial charge in [-0.25, -0.2) is 4.79 Å². The van der Waals surface area contributed by atoms with Crippen molar-refractivity contribution < 1.29 is 5.11 Å². The van der Waals surface area contributed by atoms with Gasteiger partial charge in [-0.05, 0) is 36.8 Å². The van der Waals surface area contributed by atoms with Crippen molar-refractivity contribution in [1.82, 2.24) is 9.55 Å². The van der Waals surface area contributed by atoms with Crippen molar-refractivity contribution in [1.29, 1.82) is 0 Å². The number of fused-ring (bicyclic) bond motifs is 1. The fourth-order valence-corrected chi connectivity index (χ4v) is 2.15. The second kappa shape index (κ2) is 3.77. The molecule has 1 aromatic heterocycles. The Morgan fingerprint density at radius 1 is 1.17 bits per heavy atom. The molecule has 4 nitrogen and oxygen atoms in total. The number of imidazole rings is 1. The first-order chi connectivity index (χ1) is 8.66. The summed E-state index contributed by atoms with van der Waals surface area (Å²) < 4.78 is 1.48. The number of aromatic hydroxyl groups is 1. The van der Waals surface area contributed by atoms with Crippen molar-refractivity contribution in [2.75, 3.05) is 0 Å². The summed E-state index contributed by atoms with van der Waals surface area (Å²) in [6.45, 7) is 1.96. The first kappa shape index (κ1) is 10.7. The standard InChI is InChI=1S/C14H12N2O2/c1-9-4-2-5-10(8-9)16-13-11(15-14(16)18)6-3-7-12(13)17/h2-8,17H,1H3,(H,15,18). The highest BCUT2D eigenvalue weighted by atomic mass is 16.3. The number of H-pyrrole nitrogens is 1. The van der Waals surface area contributed by atoms with Gasteiger partial charge in [0.25, 0.3) is 0 Å². The van der Waals surface area contributed by atoms with Crippen LogP contribution in [0.1, 0.15) is 5.56 Å². The van der Waals surface area contributed by atoms with Crippen LogP contribution >= 0.6 is 0 Å². The van der Waals surface area contributed by atoms with Gasteiger partial charge in [-0.1, -0.05) is 18.2 Å². The molecule has 0 aliphatic carbocycles. The van der Waals surface area contributed by atoms with Gasteiger partial charge in [-0.2, -0.15) is 0 Å². The smallest absolute Gasteiger partial charge is 0.331 e. The summed E-state index contributed by atoms with van der Waals surface area (Å²) in [7, 11) is 0. The van der Waals surface area contributed by atoms with E-state index < -0.39 is 0 Å². The van der Waals surface area contributed by atoms with Gasteiger partial charge < -0.3 is 10.1 Å². The van der Waals surface area contributed by atoms with E-state index in [2.05, 4.69) is 4.98 Å². The number of phenols is 1. The van der Waals surface area contributed by atoms with Crippen LogP contribution in [0.5, 0.6) is 5.75 Å². The molecule has 90 valence electrons. The Kier molecular flexibility index (Phi) is 2.23. The SMILES string of the molecule is Cc1cccc(-n2c(=O)[nH]c3cccc(O)c32)c1. The maximum absolute atomic E-state index is 12.0. The zero-order valence-corrected chi connectivity index (χ0v) is 9.84. The summed E-state index contributed by atoms with van der Waals surface area (Å²) in [6, 6.07) is 12.6. The van der Waals surface area contributed by atoms with Crippen LogP contribution in [0.15, 0.2) is 47.3 Å². The van der Waals surface area contributed by atoms with Crippen molar-refractivity contribution in [2.45, 2.75) is 6.92 Å². The van der Waals surface area contributed by atoms with Crippen LogP contribution in [-0.2, 0) is 0 Å². The summed E-state index contributed by atoms with van der Waals surface area (Å²) in [5.74, 6) is 0.0901. The molecular weight excluding hydrogens is 228 g/mol. The van der Waals surface area contributed by atoms with Crippen LogP contribution in [0.4, 0.5) is 0 Å². The Morgan fingerprint density at radius 3 is 2.72 bits per heavy atom. The van der Waals surface area contributed by atoms with Crippen LogP contribution < -0.4 is 5.69 Å². The molecule has 0 fully saturated rings. The lowest BCUT2D eigenvalue weighted by molar-refractivity contribution is 0.479. The van der Waals surface area contributed by atoms with E-state index in [-0.39, 0.29) is 11.4 Å². The molecule has 0 unspecified atom stereocenters. The zero-order chi connectivity index (χ0) is 12.7. The average Bonchev–Trinajstić information content (AvgIpc) is 2.67. The van der Waals surface area contributed by atoms with Crippen molar-refractivity contribution in [2.24, 2.45) is 0 Å². The molecule has 0 aliphatic heterocycles. The number of nitrogens with zero attached hydrogens (tertiary/aromatic N) is 1. The number of aryl methyl sites for hydroxylation is 1. The summed E-state index contributed by atoms with van der Waals surface area (Å²) >= 11 is 0. The highest BCUT2D eigenvalue weighted by Crippen LogP contribution is 2.24. The fourth-order valence-electron chi connectivity index (χ4n) is 2.15. The molecule has 0 amide bonds. The van der Waals surface area contributed by atoms with Gasteiger partial charge >= 0.3 is 5.69 Å².